The van der Waals surface area contributed by atoms with Crippen molar-refractivity contribution in [1.29, 1.82) is 0 Å². The minimum absolute atomic E-state index is 0.171. The second-order valence-corrected chi connectivity index (χ2v) is 13.8. The Labute approximate surface area is 255 Å². The first-order valence-corrected chi connectivity index (χ1v) is 14.1. The fourth-order valence-corrected chi connectivity index (χ4v) is 5.77. The van der Waals surface area contributed by atoms with Crippen molar-refractivity contribution >= 4 is 17.1 Å². The first-order valence-electron chi connectivity index (χ1n) is 14.1. The molecule has 0 fully saturated rings. The predicted octanol–water partition coefficient (Wildman–Crippen LogP) is 11.3. The Kier molecular flexibility index (Phi) is 7.42. The molecule has 4 aromatic carbocycles. The zero-order valence-corrected chi connectivity index (χ0v) is 25.8. The molecule has 0 bridgehead atoms. The Hall–Kier alpha value is -3.95. The van der Waals surface area contributed by atoms with Gasteiger partial charge < -0.3 is 4.90 Å². The number of halogens is 9. The van der Waals surface area contributed by atoms with E-state index in [1.165, 1.54) is 0 Å². The molecule has 5 rings (SSSR count). The molecule has 0 amide bonds. The van der Waals surface area contributed by atoms with Gasteiger partial charge in [0.15, 0.2) is 46.5 Å². The van der Waals surface area contributed by atoms with Crippen molar-refractivity contribution in [2.24, 2.45) is 0 Å². The lowest BCUT2D eigenvalue weighted by atomic mass is 9.70. The van der Waals surface area contributed by atoms with Crippen molar-refractivity contribution in [3.05, 3.63) is 111 Å². The fraction of sp³-hybridized carbons (Fsp3) is 0.314. The Morgan fingerprint density at radius 3 is 1.11 bits per heavy atom. The number of benzene rings is 4. The van der Waals surface area contributed by atoms with E-state index in [4.69, 9.17) is 0 Å². The molecule has 0 atom stereocenters. The van der Waals surface area contributed by atoms with Crippen LogP contribution in [-0.4, -0.2) is 0 Å². The van der Waals surface area contributed by atoms with Gasteiger partial charge in [0.1, 0.15) is 5.69 Å². The van der Waals surface area contributed by atoms with Gasteiger partial charge in [-0.05, 0) is 45.2 Å². The third-order valence-electron chi connectivity index (χ3n) is 8.48. The third kappa shape index (κ3) is 4.79. The van der Waals surface area contributed by atoms with E-state index in [1.807, 2.05) is 67.5 Å². The number of nitrogens with zero attached hydrogens (tertiary/aromatic N) is 1. The molecule has 10 heteroatoms. The summed E-state index contributed by atoms with van der Waals surface area (Å²) in [5.41, 5.74) is -3.74. The topological polar surface area (TPSA) is 3.24 Å². The minimum atomic E-state index is -2.61. The van der Waals surface area contributed by atoms with Gasteiger partial charge in [-0.25, -0.2) is 39.5 Å². The highest BCUT2D eigenvalue weighted by Gasteiger charge is 2.42. The van der Waals surface area contributed by atoms with Crippen molar-refractivity contribution in [3.8, 4) is 11.1 Å². The van der Waals surface area contributed by atoms with Crippen LogP contribution in [-0.2, 0) is 16.2 Å². The molecule has 1 aliphatic heterocycles. The summed E-state index contributed by atoms with van der Waals surface area (Å²) in [7, 11) is 0. The summed E-state index contributed by atoms with van der Waals surface area (Å²) in [5.74, 6) is -21.8. The van der Waals surface area contributed by atoms with Gasteiger partial charge in [-0.2, -0.15) is 0 Å². The number of anilines is 3. The standard InChI is InChI=1S/C35H30F9N/c1-33(2,3)15-9-11-19-17(13-15)35(7,8)18-14-16(34(4,5)6)10-12-20(18)45(19)32-30(43)25(38)22(26(39)31(32)44)21-23(36)27(40)29(42)28(41)24(21)37/h9-14H,1-8H3. The van der Waals surface area contributed by atoms with E-state index in [9.17, 15) is 22.0 Å². The first-order chi connectivity index (χ1) is 20.6. The molecule has 0 N–H and O–H groups in total. The molecule has 4 aromatic rings. The number of rotatable bonds is 2. The Balaban J connectivity index is 1.89. The molecular weight excluding hydrogens is 605 g/mol. The van der Waals surface area contributed by atoms with E-state index in [0.717, 1.165) is 16.0 Å². The Morgan fingerprint density at radius 1 is 0.467 bits per heavy atom. The molecule has 238 valence electrons. The highest BCUT2D eigenvalue weighted by molar-refractivity contribution is 5.88. The van der Waals surface area contributed by atoms with E-state index in [0.29, 0.717) is 11.1 Å². The van der Waals surface area contributed by atoms with Gasteiger partial charge in [-0.3, -0.25) is 0 Å². The minimum Gasteiger partial charge on any atom is -0.304 e. The van der Waals surface area contributed by atoms with Crippen molar-refractivity contribution in [1.82, 2.24) is 0 Å². The Bertz CT molecular complexity index is 1770. The molecule has 0 radical (unpaired) electrons. The van der Waals surface area contributed by atoms with Gasteiger partial charge >= 0.3 is 0 Å². The van der Waals surface area contributed by atoms with Crippen LogP contribution >= 0.6 is 0 Å². The highest BCUT2D eigenvalue weighted by Crippen LogP contribution is 2.55. The van der Waals surface area contributed by atoms with Crippen molar-refractivity contribution in [2.45, 2.75) is 71.6 Å². The van der Waals surface area contributed by atoms with Crippen LogP contribution in [0.15, 0.2) is 36.4 Å². The van der Waals surface area contributed by atoms with Gasteiger partial charge in [-0.15, -0.1) is 0 Å². The lowest BCUT2D eigenvalue weighted by Crippen LogP contribution is -2.33. The average molecular weight is 636 g/mol. The number of hydrogen-bond acceptors (Lipinski definition) is 1. The molecular formula is C35H30F9N. The summed E-state index contributed by atoms with van der Waals surface area (Å²) in [6.07, 6.45) is 0. The second-order valence-electron chi connectivity index (χ2n) is 13.8. The van der Waals surface area contributed by atoms with Gasteiger partial charge in [0, 0.05) is 5.41 Å². The van der Waals surface area contributed by atoms with E-state index in [2.05, 4.69) is 0 Å². The molecule has 0 unspecified atom stereocenters. The fourth-order valence-electron chi connectivity index (χ4n) is 5.77. The zero-order chi connectivity index (χ0) is 33.7. The maximum atomic E-state index is 16.1. The second kappa shape index (κ2) is 10.3. The predicted molar refractivity (Wildman–Crippen MR) is 156 cm³/mol. The summed E-state index contributed by atoms with van der Waals surface area (Å²) < 4.78 is 134. The van der Waals surface area contributed by atoms with Crippen molar-refractivity contribution in [3.63, 3.8) is 0 Å². The van der Waals surface area contributed by atoms with Crippen molar-refractivity contribution in [2.75, 3.05) is 4.90 Å². The van der Waals surface area contributed by atoms with E-state index < -0.39 is 74.6 Å². The van der Waals surface area contributed by atoms with Crippen molar-refractivity contribution < 1.29 is 39.5 Å². The maximum Gasteiger partial charge on any atom is 0.200 e. The van der Waals surface area contributed by atoms with Crippen LogP contribution < -0.4 is 4.90 Å². The van der Waals surface area contributed by atoms with Gasteiger partial charge in [-0.1, -0.05) is 79.7 Å². The summed E-state index contributed by atoms with van der Waals surface area (Å²) >= 11 is 0. The smallest absolute Gasteiger partial charge is 0.200 e. The zero-order valence-electron chi connectivity index (χ0n) is 25.8. The first kappa shape index (κ1) is 32.4. The SMILES string of the molecule is CC(C)(C)c1ccc2c(c1)C(C)(C)c1cc(C(C)(C)C)ccc1N2c1c(F)c(F)c(-c2c(F)c(F)c(F)c(F)c2F)c(F)c1F. The van der Waals surface area contributed by atoms with Crippen LogP contribution in [0.25, 0.3) is 11.1 Å². The lowest BCUT2D eigenvalue weighted by molar-refractivity contribution is 0.379. The summed E-state index contributed by atoms with van der Waals surface area (Å²) in [6.45, 7) is 15.6. The molecule has 0 saturated heterocycles. The summed E-state index contributed by atoms with van der Waals surface area (Å²) in [5, 5.41) is 0. The van der Waals surface area contributed by atoms with Gasteiger partial charge in [0.25, 0.3) is 0 Å². The summed E-state index contributed by atoms with van der Waals surface area (Å²) in [6, 6.07) is 10.2. The van der Waals surface area contributed by atoms with Crippen LogP contribution in [0, 0.1) is 52.4 Å². The number of hydrogen-bond donors (Lipinski definition) is 0. The van der Waals surface area contributed by atoms with Crippen LogP contribution in [0.3, 0.4) is 0 Å². The summed E-state index contributed by atoms with van der Waals surface area (Å²) in [4.78, 5) is 0.980. The average Bonchev–Trinajstić information content (AvgIpc) is 2.96. The monoisotopic (exact) mass is 635 g/mol. The lowest BCUT2D eigenvalue weighted by Gasteiger charge is -2.43. The molecule has 0 aliphatic carbocycles. The molecule has 1 heterocycles. The maximum absolute atomic E-state index is 16.1. The van der Waals surface area contributed by atoms with Crippen LogP contribution in [0.4, 0.5) is 56.6 Å². The Morgan fingerprint density at radius 2 is 0.778 bits per heavy atom. The van der Waals surface area contributed by atoms with Crippen LogP contribution in [0.5, 0.6) is 0 Å². The highest BCUT2D eigenvalue weighted by atomic mass is 19.2. The molecule has 0 saturated carbocycles. The van der Waals surface area contributed by atoms with Gasteiger partial charge in [0.2, 0.25) is 5.82 Å². The molecule has 1 aliphatic rings. The third-order valence-corrected chi connectivity index (χ3v) is 8.48. The molecule has 45 heavy (non-hydrogen) atoms. The normalized spacial score (nSPS) is 14.5. The van der Waals surface area contributed by atoms with E-state index in [-0.39, 0.29) is 22.2 Å². The van der Waals surface area contributed by atoms with E-state index >= 15 is 17.6 Å². The quantitative estimate of drug-likeness (QED) is 0.120. The largest absolute Gasteiger partial charge is 0.304 e. The number of fused-ring (bicyclic) bond motifs is 2. The van der Waals surface area contributed by atoms with Crippen LogP contribution in [0.2, 0.25) is 0 Å². The van der Waals surface area contributed by atoms with Crippen LogP contribution in [0.1, 0.15) is 77.6 Å². The molecule has 0 spiro atoms. The van der Waals surface area contributed by atoms with E-state index in [1.54, 1.807) is 24.3 Å². The van der Waals surface area contributed by atoms with Gasteiger partial charge in [0.05, 0.1) is 22.5 Å². The molecule has 1 nitrogen and oxygen atoms in total. The molecule has 0 aromatic heterocycles.